The molecule has 13 heteroatoms. The second-order valence-corrected chi connectivity index (χ2v) is 12.0. The van der Waals surface area contributed by atoms with Gasteiger partial charge in [0.1, 0.15) is 40.0 Å². The van der Waals surface area contributed by atoms with Gasteiger partial charge in [0.05, 0.1) is 31.5 Å². The summed E-state index contributed by atoms with van der Waals surface area (Å²) in [5, 5.41) is 19.6. The third kappa shape index (κ3) is 5.19. The molecule has 43 heavy (non-hydrogen) atoms. The quantitative estimate of drug-likeness (QED) is 0.240. The molecule has 1 aliphatic rings. The number of benzene rings is 2. The number of ether oxygens (including phenoxy) is 3. The van der Waals surface area contributed by atoms with Crippen molar-refractivity contribution in [3.8, 4) is 28.1 Å². The summed E-state index contributed by atoms with van der Waals surface area (Å²) in [6.07, 6.45) is 2.62. The zero-order valence-electron chi connectivity index (χ0n) is 23.4. The number of aromatic nitrogens is 4. The maximum Gasteiger partial charge on any atom is 0.294 e. The Balaban J connectivity index is 1.06. The van der Waals surface area contributed by atoms with Gasteiger partial charge in [-0.15, -0.1) is 16.4 Å². The second kappa shape index (κ2) is 11.0. The van der Waals surface area contributed by atoms with Gasteiger partial charge in [-0.2, -0.15) is 0 Å². The Morgan fingerprint density at radius 1 is 1.09 bits per heavy atom. The summed E-state index contributed by atoms with van der Waals surface area (Å²) in [7, 11) is 3.16. The summed E-state index contributed by atoms with van der Waals surface area (Å²) in [6, 6.07) is 14.7. The lowest BCUT2D eigenvalue weighted by molar-refractivity contribution is -0.0214. The minimum atomic E-state index is -1.09. The smallest absolute Gasteiger partial charge is 0.294 e. The number of likely N-dealkylation sites (tertiary alicyclic amines) is 1. The molecule has 0 saturated carbocycles. The highest BCUT2D eigenvalue weighted by molar-refractivity contribution is 7.18. The molecule has 0 atom stereocenters. The van der Waals surface area contributed by atoms with E-state index in [-0.39, 0.29) is 12.5 Å². The van der Waals surface area contributed by atoms with Crippen LogP contribution in [-0.2, 0) is 12.2 Å². The Morgan fingerprint density at radius 2 is 1.91 bits per heavy atom. The zero-order valence-corrected chi connectivity index (χ0v) is 25.0. The van der Waals surface area contributed by atoms with Crippen LogP contribution < -0.4 is 14.2 Å². The van der Waals surface area contributed by atoms with E-state index in [2.05, 4.69) is 10.1 Å². The first-order valence-corrected chi connectivity index (χ1v) is 15.3. The number of amides is 1. The molecule has 0 bridgehead atoms. The maximum atomic E-state index is 12.8. The SMILES string of the molecule is COc1cc(OCc2csc(C3(O)CCN(C(=O)c4ccccc4)CC3)n2)c2cc(-c3cn4nc(OC)sc4n3)oc2c1. The molecule has 11 nitrogen and oxygen atoms in total. The van der Waals surface area contributed by atoms with Crippen molar-refractivity contribution in [3.63, 3.8) is 0 Å². The van der Waals surface area contributed by atoms with Gasteiger partial charge < -0.3 is 28.6 Å². The molecule has 220 valence electrons. The number of furan rings is 1. The first-order chi connectivity index (χ1) is 20.9. The molecule has 5 heterocycles. The van der Waals surface area contributed by atoms with E-state index in [1.165, 1.54) is 22.7 Å². The van der Waals surface area contributed by atoms with Crippen molar-refractivity contribution in [3.05, 3.63) is 76.4 Å². The van der Waals surface area contributed by atoms with Gasteiger partial charge in [-0.05, 0) is 29.5 Å². The van der Waals surface area contributed by atoms with Crippen molar-refractivity contribution < 1.29 is 28.5 Å². The topological polar surface area (TPSA) is 124 Å². The predicted molar refractivity (Wildman–Crippen MR) is 161 cm³/mol. The number of fused-ring (bicyclic) bond motifs is 2. The summed E-state index contributed by atoms with van der Waals surface area (Å²) in [6.45, 7) is 1.11. The number of carbonyl (C=O) groups excluding carboxylic acids is 1. The molecule has 1 N–H and O–H groups in total. The van der Waals surface area contributed by atoms with E-state index >= 15 is 0 Å². The van der Waals surface area contributed by atoms with E-state index in [0.717, 1.165) is 5.39 Å². The summed E-state index contributed by atoms with van der Waals surface area (Å²) in [4.78, 5) is 24.6. The van der Waals surface area contributed by atoms with Crippen LogP contribution >= 0.6 is 22.7 Å². The summed E-state index contributed by atoms with van der Waals surface area (Å²) >= 11 is 2.74. The van der Waals surface area contributed by atoms with Gasteiger partial charge in [0.25, 0.3) is 11.1 Å². The van der Waals surface area contributed by atoms with Crippen molar-refractivity contribution in [2.24, 2.45) is 0 Å². The Morgan fingerprint density at radius 3 is 2.65 bits per heavy atom. The van der Waals surface area contributed by atoms with Gasteiger partial charge in [0.2, 0.25) is 4.96 Å². The lowest BCUT2D eigenvalue weighted by Gasteiger charge is -2.37. The molecule has 0 aliphatic carbocycles. The summed E-state index contributed by atoms with van der Waals surface area (Å²) in [5.74, 6) is 1.71. The van der Waals surface area contributed by atoms with Crippen molar-refractivity contribution >= 4 is 44.5 Å². The van der Waals surface area contributed by atoms with Gasteiger partial charge in [-0.3, -0.25) is 4.79 Å². The third-order valence-electron chi connectivity index (χ3n) is 7.48. The molecular formula is C30H27N5O6S2. The largest absolute Gasteiger partial charge is 0.496 e. The van der Waals surface area contributed by atoms with E-state index in [4.69, 9.17) is 23.6 Å². The van der Waals surface area contributed by atoms with E-state index in [1.807, 2.05) is 41.8 Å². The maximum absolute atomic E-state index is 12.8. The van der Waals surface area contributed by atoms with Gasteiger partial charge in [-0.1, -0.05) is 18.2 Å². The Labute approximate surface area is 253 Å². The molecule has 1 amide bonds. The number of imidazole rings is 1. The van der Waals surface area contributed by atoms with Crippen LogP contribution in [0.3, 0.4) is 0 Å². The monoisotopic (exact) mass is 617 g/mol. The molecule has 6 aromatic rings. The molecular weight excluding hydrogens is 590 g/mol. The van der Waals surface area contributed by atoms with Crippen LogP contribution in [0.1, 0.15) is 33.9 Å². The average Bonchev–Trinajstić information content (AvgIpc) is 3.83. The van der Waals surface area contributed by atoms with Crippen molar-refractivity contribution in [1.82, 2.24) is 24.5 Å². The Bertz CT molecular complexity index is 1890. The predicted octanol–water partition coefficient (Wildman–Crippen LogP) is 5.38. The van der Waals surface area contributed by atoms with Gasteiger partial charge in [-0.25, -0.2) is 14.5 Å². The molecule has 1 saturated heterocycles. The van der Waals surface area contributed by atoms with Crippen LogP contribution in [0.5, 0.6) is 16.7 Å². The minimum Gasteiger partial charge on any atom is -0.496 e. The summed E-state index contributed by atoms with van der Waals surface area (Å²) in [5.41, 5.74) is 1.49. The minimum absolute atomic E-state index is 0.0208. The van der Waals surface area contributed by atoms with Crippen LogP contribution in [0.4, 0.5) is 0 Å². The number of methoxy groups -OCH3 is 2. The number of thiazole rings is 1. The molecule has 0 radical (unpaired) electrons. The first-order valence-electron chi connectivity index (χ1n) is 13.6. The normalized spacial score (nSPS) is 14.8. The van der Waals surface area contributed by atoms with Gasteiger partial charge in [0.15, 0.2) is 5.76 Å². The molecule has 7 rings (SSSR count). The van der Waals surface area contributed by atoms with Crippen molar-refractivity contribution in [2.75, 3.05) is 27.3 Å². The standard InChI is InChI=1S/C30H27N5O6S2/c1-38-20-12-23(21-14-25(41-24(21)13-20)22-15-35-28(32-22)43-29(33-35)39-2)40-16-19-17-42-27(31-19)30(37)8-10-34(11-9-30)26(36)18-6-4-3-5-7-18/h3-7,12-15,17,37H,8-11,16H2,1-2H3. The van der Waals surface area contributed by atoms with Crippen LogP contribution in [-0.4, -0.2) is 62.8 Å². The molecule has 2 aromatic carbocycles. The zero-order chi connectivity index (χ0) is 29.6. The fraction of sp³-hybridized carbons (Fsp3) is 0.267. The lowest BCUT2D eigenvalue weighted by atomic mass is 9.91. The first kappa shape index (κ1) is 27.4. The number of rotatable bonds is 8. The fourth-order valence-corrected chi connectivity index (χ4v) is 6.79. The number of hydrogen-bond acceptors (Lipinski definition) is 11. The Kier molecular flexibility index (Phi) is 7.00. The molecule has 0 unspecified atom stereocenters. The third-order valence-corrected chi connectivity index (χ3v) is 9.45. The number of piperidine rings is 1. The van der Waals surface area contributed by atoms with Crippen molar-refractivity contribution in [1.29, 1.82) is 0 Å². The highest BCUT2D eigenvalue weighted by Crippen LogP contribution is 2.39. The van der Waals surface area contributed by atoms with Gasteiger partial charge in [0, 0.05) is 49.0 Å². The van der Waals surface area contributed by atoms with Crippen molar-refractivity contribution in [2.45, 2.75) is 25.0 Å². The molecule has 0 spiro atoms. The number of hydrogen-bond donors (Lipinski definition) is 1. The van der Waals surface area contributed by atoms with E-state index < -0.39 is 5.60 Å². The van der Waals surface area contributed by atoms with Crippen LogP contribution in [0, 0.1) is 0 Å². The number of aliphatic hydroxyl groups is 1. The highest BCUT2D eigenvalue weighted by Gasteiger charge is 2.38. The van der Waals surface area contributed by atoms with E-state index in [9.17, 15) is 9.90 Å². The molecule has 1 fully saturated rings. The van der Waals surface area contributed by atoms with E-state index in [1.54, 1.807) is 42.0 Å². The molecule has 4 aromatic heterocycles. The van der Waals surface area contributed by atoms with Crippen LogP contribution in [0.2, 0.25) is 0 Å². The number of carbonyl (C=O) groups is 1. The van der Waals surface area contributed by atoms with Gasteiger partial charge >= 0.3 is 0 Å². The fourth-order valence-electron chi connectivity index (χ4n) is 5.12. The highest BCUT2D eigenvalue weighted by atomic mass is 32.1. The Hall–Kier alpha value is -4.46. The van der Waals surface area contributed by atoms with Crippen LogP contribution in [0.15, 0.2) is 64.5 Å². The summed E-state index contributed by atoms with van der Waals surface area (Å²) < 4.78 is 24.7. The molecule has 1 aliphatic heterocycles. The van der Waals surface area contributed by atoms with Crippen LogP contribution in [0.25, 0.3) is 27.4 Å². The average molecular weight is 618 g/mol. The second-order valence-electron chi connectivity index (χ2n) is 10.2. The van der Waals surface area contributed by atoms with E-state index in [0.29, 0.717) is 80.9 Å². The lowest BCUT2D eigenvalue weighted by Crippen LogP contribution is -2.45. The number of nitrogens with zero attached hydrogens (tertiary/aromatic N) is 5.